The molecule has 2 aromatic carbocycles. The summed E-state index contributed by atoms with van der Waals surface area (Å²) < 4.78 is 14.9. The van der Waals surface area contributed by atoms with Gasteiger partial charge in [0.25, 0.3) is 5.91 Å². The van der Waals surface area contributed by atoms with Crippen molar-refractivity contribution < 1.29 is 29.3 Å². The lowest BCUT2D eigenvalue weighted by atomic mass is 9.86. The van der Waals surface area contributed by atoms with Crippen LogP contribution in [0.25, 0.3) is 10.9 Å². The van der Waals surface area contributed by atoms with Gasteiger partial charge in [0.05, 0.1) is 24.8 Å². The first-order chi connectivity index (χ1) is 16.5. The Bertz CT molecular complexity index is 1170. The third-order valence-electron chi connectivity index (χ3n) is 5.64. The number of fused-ring (bicyclic) bond motifs is 1. The van der Waals surface area contributed by atoms with Crippen LogP contribution >= 0.6 is 0 Å². The van der Waals surface area contributed by atoms with Crippen molar-refractivity contribution in [3.05, 3.63) is 65.6 Å². The van der Waals surface area contributed by atoms with Gasteiger partial charge in [-0.1, -0.05) is 51.1 Å². The zero-order valence-corrected chi connectivity index (χ0v) is 19.9. The first-order valence-electron chi connectivity index (χ1n) is 11.3. The lowest BCUT2D eigenvalue weighted by molar-refractivity contribution is -0.126. The zero-order valence-electron chi connectivity index (χ0n) is 19.9. The van der Waals surface area contributed by atoms with Crippen molar-refractivity contribution in [2.45, 2.75) is 45.6 Å². The number of aromatic nitrogens is 2. The Balaban J connectivity index is 1.83. The van der Waals surface area contributed by atoms with Gasteiger partial charge in [0, 0.05) is 11.9 Å². The molecule has 10 heteroatoms. The summed E-state index contributed by atoms with van der Waals surface area (Å²) in [4.78, 5) is 26.2. The minimum atomic E-state index is -1.39. The highest BCUT2D eigenvalue weighted by Crippen LogP contribution is 2.23. The van der Waals surface area contributed by atoms with Crippen LogP contribution in [0.15, 0.2) is 48.5 Å². The van der Waals surface area contributed by atoms with E-state index in [0.29, 0.717) is 17.4 Å². The number of aliphatic hydroxyl groups excluding tert-OH is 3. The number of carbonyl (C=O) groups is 2. The van der Waals surface area contributed by atoms with Crippen LogP contribution in [0.3, 0.4) is 0 Å². The molecule has 0 aliphatic heterocycles. The fraction of sp³-hybridized carbons (Fsp3) is 0.400. The van der Waals surface area contributed by atoms with E-state index < -0.39 is 42.1 Å². The molecule has 2 amide bonds. The minimum absolute atomic E-state index is 0.139. The van der Waals surface area contributed by atoms with Crippen molar-refractivity contribution >= 4 is 22.7 Å². The zero-order chi connectivity index (χ0) is 25.8. The second kappa shape index (κ2) is 10.9. The van der Waals surface area contributed by atoms with Crippen LogP contribution in [-0.4, -0.2) is 68.3 Å². The monoisotopic (exact) mass is 486 g/mol. The second-order valence-electron chi connectivity index (χ2n) is 9.48. The predicted octanol–water partition coefficient (Wildman–Crippen LogP) is 1.20. The summed E-state index contributed by atoms with van der Waals surface area (Å²) in [7, 11) is 0. The topological polar surface area (TPSA) is 137 Å². The minimum Gasteiger partial charge on any atom is -0.394 e. The maximum atomic E-state index is 13.3. The first-order valence-corrected chi connectivity index (χ1v) is 11.3. The molecule has 0 saturated heterocycles. The lowest BCUT2D eigenvalue weighted by Gasteiger charge is -2.30. The Kier molecular flexibility index (Phi) is 8.21. The predicted molar refractivity (Wildman–Crippen MR) is 128 cm³/mol. The van der Waals surface area contributed by atoms with E-state index in [1.54, 1.807) is 49.7 Å². The van der Waals surface area contributed by atoms with Gasteiger partial charge in [-0.05, 0) is 29.2 Å². The Hall–Kier alpha value is -3.34. The summed E-state index contributed by atoms with van der Waals surface area (Å²) in [5, 5.41) is 38.6. The fourth-order valence-electron chi connectivity index (χ4n) is 3.62. The highest BCUT2D eigenvalue weighted by molar-refractivity contribution is 6.06. The van der Waals surface area contributed by atoms with Crippen LogP contribution in [0.5, 0.6) is 0 Å². The third kappa shape index (κ3) is 6.41. The van der Waals surface area contributed by atoms with E-state index in [1.165, 1.54) is 12.1 Å². The molecule has 9 nitrogen and oxygen atoms in total. The van der Waals surface area contributed by atoms with Crippen LogP contribution < -0.4 is 10.6 Å². The molecular weight excluding hydrogens is 455 g/mol. The number of hydrogen-bond donors (Lipinski definition) is 5. The number of nitrogens with zero attached hydrogens (tertiary/aromatic N) is 2. The molecule has 0 aliphatic rings. The van der Waals surface area contributed by atoms with Gasteiger partial charge in [-0.25, -0.2) is 4.39 Å². The molecule has 35 heavy (non-hydrogen) atoms. The van der Waals surface area contributed by atoms with E-state index in [1.807, 2.05) is 12.1 Å². The number of para-hydroxylation sites is 1. The van der Waals surface area contributed by atoms with E-state index in [4.69, 9.17) is 5.11 Å². The van der Waals surface area contributed by atoms with Crippen molar-refractivity contribution in [1.29, 1.82) is 0 Å². The molecule has 1 aromatic heterocycles. The third-order valence-corrected chi connectivity index (χ3v) is 5.64. The van der Waals surface area contributed by atoms with Crippen molar-refractivity contribution in [2.24, 2.45) is 5.41 Å². The van der Waals surface area contributed by atoms with Crippen molar-refractivity contribution in [2.75, 3.05) is 13.2 Å². The van der Waals surface area contributed by atoms with E-state index in [9.17, 15) is 24.2 Å². The number of nitrogens with one attached hydrogen (secondary N) is 2. The van der Waals surface area contributed by atoms with Crippen molar-refractivity contribution in [1.82, 2.24) is 20.4 Å². The summed E-state index contributed by atoms with van der Waals surface area (Å²) >= 11 is 0. The number of rotatable bonds is 9. The lowest BCUT2D eigenvalue weighted by Crippen LogP contribution is -2.55. The normalized spacial score (nSPS) is 14.4. The number of carbonyl (C=O) groups excluding carboxylic acids is 2. The van der Waals surface area contributed by atoms with Crippen LogP contribution in [0.2, 0.25) is 0 Å². The molecule has 3 atom stereocenters. The van der Waals surface area contributed by atoms with Crippen LogP contribution in [0, 0.1) is 11.2 Å². The maximum Gasteiger partial charge on any atom is 0.273 e. The summed E-state index contributed by atoms with van der Waals surface area (Å²) in [6.07, 6.45) is -2.75. The Morgan fingerprint density at radius 1 is 1.06 bits per heavy atom. The van der Waals surface area contributed by atoms with Gasteiger partial charge < -0.3 is 26.0 Å². The molecule has 0 radical (unpaired) electrons. The van der Waals surface area contributed by atoms with Gasteiger partial charge in [-0.2, -0.15) is 5.10 Å². The van der Waals surface area contributed by atoms with Crippen LogP contribution in [-0.2, 0) is 11.3 Å². The van der Waals surface area contributed by atoms with E-state index in [2.05, 4.69) is 15.7 Å². The molecule has 0 spiro atoms. The Morgan fingerprint density at radius 3 is 2.34 bits per heavy atom. The smallest absolute Gasteiger partial charge is 0.273 e. The van der Waals surface area contributed by atoms with Gasteiger partial charge in [0.15, 0.2) is 5.69 Å². The molecule has 0 fully saturated rings. The van der Waals surface area contributed by atoms with Crippen LogP contribution in [0.1, 0.15) is 36.8 Å². The number of hydrogen-bond acceptors (Lipinski definition) is 6. The van der Waals surface area contributed by atoms with E-state index >= 15 is 0 Å². The molecule has 3 aromatic rings. The summed E-state index contributed by atoms with van der Waals surface area (Å²) in [6, 6.07) is 12.2. The summed E-state index contributed by atoms with van der Waals surface area (Å²) in [5.41, 5.74) is 0.967. The SMILES string of the molecule is CC(C)(C)[C@H](NC(=O)c1nn(Cc2ccc(F)cc2)c2ccccc12)C(=O)NC[C@@H](O)[C@H](O)CO. The van der Waals surface area contributed by atoms with Gasteiger partial charge in [0.1, 0.15) is 18.0 Å². The van der Waals surface area contributed by atoms with Crippen molar-refractivity contribution in [3.8, 4) is 0 Å². The molecule has 0 aliphatic carbocycles. The first kappa shape index (κ1) is 26.3. The van der Waals surface area contributed by atoms with E-state index in [0.717, 1.165) is 5.56 Å². The average Bonchev–Trinajstić information content (AvgIpc) is 3.19. The number of benzene rings is 2. The number of halogens is 1. The van der Waals surface area contributed by atoms with Gasteiger partial charge >= 0.3 is 0 Å². The quantitative estimate of drug-likeness (QED) is 0.308. The molecule has 3 rings (SSSR count). The molecule has 188 valence electrons. The molecular formula is C25H31FN4O5. The molecule has 0 bridgehead atoms. The Labute approximate surface area is 202 Å². The van der Waals surface area contributed by atoms with Crippen LogP contribution in [0.4, 0.5) is 4.39 Å². The highest BCUT2D eigenvalue weighted by atomic mass is 19.1. The summed E-state index contributed by atoms with van der Waals surface area (Å²) in [5.74, 6) is -1.45. The number of amides is 2. The fourth-order valence-corrected chi connectivity index (χ4v) is 3.62. The largest absolute Gasteiger partial charge is 0.394 e. The molecule has 5 N–H and O–H groups in total. The summed E-state index contributed by atoms with van der Waals surface area (Å²) in [6.45, 7) is 4.72. The molecule has 1 heterocycles. The average molecular weight is 487 g/mol. The van der Waals surface area contributed by atoms with Gasteiger partial charge in [-0.15, -0.1) is 0 Å². The second-order valence-corrected chi connectivity index (χ2v) is 9.48. The standard InChI is InChI=1S/C25H31FN4O5/c1-25(2,3)22(24(35)27-12-19(32)20(33)14-31)28-23(34)21-17-6-4-5-7-18(17)30(29-21)13-15-8-10-16(26)11-9-15/h4-11,19-20,22,31-33H,12-14H2,1-3H3,(H,27,35)(H,28,34)/t19-,20-,22-/m1/s1. The highest BCUT2D eigenvalue weighted by Gasteiger charge is 2.34. The maximum absolute atomic E-state index is 13.3. The van der Waals surface area contributed by atoms with Gasteiger partial charge in [0.2, 0.25) is 5.91 Å². The Morgan fingerprint density at radius 2 is 1.71 bits per heavy atom. The number of aliphatic hydroxyl groups is 3. The molecule has 0 saturated carbocycles. The van der Waals surface area contributed by atoms with Crippen molar-refractivity contribution in [3.63, 3.8) is 0 Å². The van der Waals surface area contributed by atoms with Gasteiger partial charge in [-0.3, -0.25) is 14.3 Å². The van der Waals surface area contributed by atoms with E-state index in [-0.39, 0.29) is 18.1 Å². The molecule has 0 unspecified atom stereocenters.